The minimum Gasteiger partial charge on any atom is -0.486 e. The lowest BCUT2D eigenvalue weighted by atomic mass is 10.0. The smallest absolute Gasteiger partial charge is 0.410 e. The molecule has 3 aliphatic heterocycles. The first-order valence-corrected chi connectivity index (χ1v) is 14.5. The molecule has 0 radical (unpaired) electrons. The minimum absolute atomic E-state index is 0.00237. The summed E-state index contributed by atoms with van der Waals surface area (Å²) in [7, 11) is 0. The topological polar surface area (TPSA) is 80.3 Å². The maximum atomic E-state index is 13.2. The van der Waals surface area contributed by atoms with E-state index in [1.165, 1.54) is 45.2 Å². The Morgan fingerprint density at radius 3 is 2.46 bits per heavy atom. The van der Waals surface area contributed by atoms with Crippen LogP contribution in [-0.2, 0) is 9.53 Å². The molecule has 0 aliphatic carbocycles. The Morgan fingerprint density at radius 1 is 0.973 bits per heavy atom. The summed E-state index contributed by atoms with van der Waals surface area (Å²) >= 11 is 0. The lowest BCUT2D eigenvalue weighted by Crippen LogP contribution is -2.48. The Labute approximate surface area is 222 Å². The molecule has 1 aromatic carbocycles. The van der Waals surface area contributed by atoms with Crippen LogP contribution in [0.3, 0.4) is 0 Å². The van der Waals surface area contributed by atoms with Gasteiger partial charge in [-0.3, -0.25) is 4.79 Å². The molecule has 0 bridgehead atoms. The zero-order chi connectivity index (χ0) is 25.9. The highest BCUT2D eigenvalue weighted by Gasteiger charge is 2.30. The van der Waals surface area contributed by atoms with Gasteiger partial charge >= 0.3 is 6.09 Å². The average Bonchev–Trinajstić information content (AvgIpc) is 2.95. The predicted octanol–water partition coefficient (Wildman–Crippen LogP) is 5.06. The lowest BCUT2D eigenvalue weighted by molar-refractivity contribution is -0.121. The number of hydrogen-bond acceptors (Lipinski definition) is 6. The van der Waals surface area contributed by atoms with Gasteiger partial charge in [0.25, 0.3) is 0 Å². The Balaban J connectivity index is 1.33. The van der Waals surface area contributed by atoms with Crippen molar-refractivity contribution in [1.82, 2.24) is 15.1 Å². The normalized spacial score (nSPS) is 19.3. The molecular formula is C29H45N3O5. The van der Waals surface area contributed by atoms with Gasteiger partial charge in [0, 0.05) is 25.6 Å². The van der Waals surface area contributed by atoms with Crippen molar-refractivity contribution in [3.63, 3.8) is 0 Å². The second kappa shape index (κ2) is 14.5. The second-order valence-electron chi connectivity index (χ2n) is 10.6. The molecule has 0 aromatic heterocycles. The number of carbonyl (C=O) groups excluding carboxylic acids is 2. The van der Waals surface area contributed by atoms with Crippen LogP contribution in [0, 0.1) is 0 Å². The third-order valence-corrected chi connectivity index (χ3v) is 7.80. The van der Waals surface area contributed by atoms with E-state index >= 15 is 0 Å². The third-order valence-electron chi connectivity index (χ3n) is 7.80. The van der Waals surface area contributed by atoms with Crippen molar-refractivity contribution < 1.29 is 23.8 Å². The number of ether oxygens (including phenoxy) is 3. The summed E-state index contributed by atoms with van der Waals surface area (Å²) < 4.78 is 17.4. The molecule has 1 atom stereocenters. The number of carbonyl (C=O) groups is 2. The summed E-state index contributed by atoms with van der Waals surface area (Å²) in [4.78, 5) is 30.1. The Hall–Kier alpha value is -2.48. The molecule has 0 spiro atoms. The van der Waals surface area contributed by atoms with Crippen molar-refractivity contribution in [1.29, 1.82) is 0 Å². The third kappa shape index (κ3) is 8.25. The summed E-state index contributed by atoms with van der Waals surface area (Å²) in [5.41, 5.74) is 0.795. The van der Waals surface area contributed by atoms with Crippen LogP contribution in [0.5, 0.6) is 11.5 Å². The Bertz CT molecular complexity index is 865. The number of benzene rings is 1. The SMILES string of the molecule is CCCCCCCC(=O)NCC(OC(=O)N1CCC(N2CCCCC2)CC1)c1ccc2c(c1)OCCO2. The number of hydrogen-bond donors (Lipinski definition) is 1. The largest absolute Gasteiger partial charge is 0.486 e. The Morgan fingerprint density at radius 2 is 1.70 bits per heavy atom. The lowest BCUT2D eigenvalue weighted by Gasteiger charge is -2.40. The van der Waals surface area contributed by atoms with Crippen LogP contribution in [-0.4, -0.2) is 73.8 Å². The maximum Gasteiger partial charge on any atom is 0.410 e. The summed E-state index contributed by atoms with van der Waals surface area (Å²) in [6.45, 7) is 7.20. The number of fused-ring (bicyclic) bond motifs is 1. The van der Waals surface area contributed by atoms with Crippen molar-refractivity contribution in [2.75, 3.05) is 45.9 Å². The van der Waals surface area contributed by atoms with E-state index in [-0.39, 0.29) is 18.5 Å². The number of nitrogens with one attached hydrogen (secondary N) is 1. The number of rotatable bonds is 11. The maximum absolute atomic E-state index is 13.2. The molecular weight excluding hydrogens is 470 g/mol. The summed E-state index contributed by atoms with van der Waals surface area (Å²) in [6, 6.07) is 6.18. The fourth-order valence-corrected chi connectivity index (χ4v) is 5.57. The molecule has 0 saturated carbocycles. The summed E-state index contributed by atoms with van der Waals surface area (Å²) in [5, 5.41) is 3.00. The molecule has 3 heterocycles. The zero-order valence-electron chi connectivity index (χ0n) is 22.6. The molecule has 8 heteroatoms. The van der Waals surface area contributed by atoms with Crippen LogP contribution in [0.1, 0.15) is 89.2 Å². The van der Waals surface area contributed by atoms with Gasteiger partial charge in [-0.15, -0.1) is 0 Å². The van der Waals surface area contributed by atoms with E-state index in [2.05, 4.69) is 17.1 Å². The number of amides is 2. The number of likely N-dealkylation sites (tertiary alicyclic amines) is 2. The van der Waals surface area contributed by atoms with Crippen LogP contribution >= 0.6 is 0 Å². The van der Waals surface area contributed by atoms with Gasteiger partial charge in [-0.2, -0.15) is 0 Å². The average molecular weight is 516 g/mol. The molecule has 2 fully saturated rings. The predicted molar refractivity (Wildman–Crippen MR) is 143 cm³/mol. The first-order valence-electron chi connectivity index (χ1n) is 14.5. The zero-order valence-corrected chi connectivity index (χ0v) is 22.6. The quantitative estimate of drug-likeness (QED) is 0.415. The van der Waals surface area contributed by atoms with Crippen molar-refractivity contribution in [2.45, 2.75) is 89.7 Å². The van der Waals surface area contributed by atoms with Gasteiger partial charge < -0.3 is 29.3 Å². The highest BCUT2D eigenvalue weighted by atomic mass is 16.6. The van der Waals surface area contributed by atoms with E-state index in [0.29, 0.717) is 50.3 Å². The molecule has 1 unspecified atom stereocenters. The standard InChI is InChI=1S/C29H45N3O5/c1-2-3-4-5-7-10-28(33)30-22-27(23-11-12-25-26(21-23)36-20-19-35-25)37-29(34)32-17-13-24(14-18-32)31-15-8-6-9-16-31/h11-12,21,24,27H,2-10,13-20,22H2,1H3,(H,30,33). The fraction of sp³-hybridized carbons (Fsp3) is 0.724. The fourth-order valence-electron chi connectivity index (χ4n) is 5.57. The van der Waals surface area contributed by atoms with Crippen LogP contribution < -0.4 is 14.8 Å². The highest BCUT2D eigenvalue weighted by Crippen LogP contribution is 2.34. The first kappa shape index (κ1) is 27.6. The molecule has 4 rings (SSSR count). The van der Waals surface area contributed by atoms with Gasteiger partial charge in [0.15, 0.2) is 11.5 Å². The van der Waals surface area contributed by atoms with Gasteiger partial charge in [0.2, 0.25) is 5.91 Å². The monoisotopic (exact) mass is 515 g/mol. The minimum atomic E-state index is -0.591. The van der Waals surface area contributed by atoms with Crippen LogP contribution in [0.25, 0.3) is 0 Å². The van der Waals surface area contributed by atoms with Gasteiger partial charge in [-0.25, -0.2) is 4.79 Å². The van der Waals surface area contributed by atoms with Gasteiger partial charge in [-0.1, -0.05) is 45.1 Å². The van der Waals surface area contributed by atoms with E-state index < -0.39 is 6.10 Å². The number of nitrogens with zero attached hydrogens (tertiary/aromatic N) is 2. The molecule has 2 amide bonds. The van der Waals surface area contributed by atoms with Crippen LogP contribution in [0.4, 0.5) is 4.79 Å². The van der Waals surface area contributed by atoms with Crippen LogP contribution in [0.2, 0.25) is 0 Å². The molecule has 3 aliphatic rings. The van der Waals surface area contributed by atoms with E-state index in [0.717, 1.165) is 37.7 Å². The van der Waals surface area contributed by atoms with Crippen molar-refractivity contribution >= 4 is 12.0 Å². The number of unbranched alkanes of at least 4 members (excludes halogenated alkanes) is 4. The molecule has 1 aromatic rings. The van der Waals surface area contributed by atoms with Crippen molar-refractivity contribution in [2.24, 2.45) is 0 Å². The summed E-state index contributed by atoms with van der Waals surface area (Å²) in [5.74, 6) is 1.34. The van der Waals surface area contributed by atoms with E-state index in [4.69, 9.17) is 14.2 Å². The second-order valence-corrected chi connectivity index (χ2v) is 10.6. The molecule has 1 N–H and O–H groups in total. The van der Waals surface area contributed by atoms with Crippen LogP contribution in [0.15, 0.2) is 18.2 Å². The van der Waals surface area contributed by atoms with Gasteiger partial charge in [-0.05, 0) is 62.9 Å². The summed E-state index contributed by atoms with van der Waals surface area (Å²) in [6.07, 6.45) is 11.0. The molecule has 2 saturated heterocycles. The molecule has 206 valence electrons. The highest BCUT2D eigenvalue weighted by molar-refractivity contribution is 5.76. The number of piperidine rings is 2. The first-order chi connectivity index (χ1) is 18.1. The van der Waals surface area contributed by atoms with E-state index in [1.807, 2.05) is 23.1 Å². The molecule has 8 nitrogen and oxygen atoms in total. The van der Waals surface area contributed by atoms with Crippen molar-refractivity contribution in [3.05, 3.63) is 23.8 Å². The Kier molecular flexibility index (Phi) is 10.8. The van der Waals surface area contributed by atoms with Crippen molar-refractivity contribution in [3.8, 4) is 11.5 Å². The van der Waals surface area contributed by atoms with Gasteiger partial charge in [0.1, 0.15) is 19.3 Å². The molecule has 37 heavy (non-hydrogen) atoms. The van der Waals surface area contributed by atoms with E-state index in [9.17, 15) is 9.59 Å². The van der Waals surface area contributed by atoms with Gasteiger partial charge in [0.05, 0.1) is 6.54 Å². The van der Waals surface area contributed by atoms with E-state index in [1.54, 1.807) is 0 Å².